The zero-order valence-corrected chi connectivity index (χ0v) is 16.1. The molecule has 0 aromatic carbocycles. The van der Waals surface area contributed by atoms with Gasteiger partial charge in [-0.05, 0) is 106 Å². The van der Waals surface area contributed by atoms with E-state index in [4.69, 9.17) is 0 Å². The first-order chi connectivity index (χ1) is 11.2. The van der Waals surface area contributed by atoms with Gasteiger partial charge in [0.15, 0.2) is 0 Å². The lowest BCUT2D eigenvalue weighted by Crippen LogP contribution is -2.55. The van der Waals surface area contributed by atoms with Crippen LogP contribution in [0.4, 0.5) is 0 Å². The Bertz CT molecular complexity index is 538. The van der Waals surface area contributed by atoms with E-state index in [1.165, 1.54) is 38.5 Å². The van der Waals surface area contributed by atoms with Crippen LogP contribution in [0.5, 0.6) is 0 Å². The van der Waals surface area contributed by atoms with Crippen molar-refractivity contribution in [3.05, 3.63) is 0 Å². The molecule has 24 heavy (non-hydrogen) atoms. The van der Waals surface area contributed by atoms with Crippen LogP contribution in [0, 0.1) is 40.4 Å². The summed E-state index contributed by atoms with van der Waals surface area (Å²) in [6.07, 6.45) is 10.8. The van der Waals surface area contributed by atoms with E-state index in [-0.39, 0.29) is 5.41 Å². The molecule has 0 spiro atoms. The van der Waals surface area contributed by atoms with E-state index in [1.807, 2.05) is 13.8 Å². The lowest BCUT2D eigenvalue weighted by Gasteiger charge is -2.61. The Balaban J connectivity index is 1.61. The molecule has 0 bridgehead atoms. The molecule has 0 saturated heterocycles. The summed E-state index contributed by atoms with van der Waals surface area (Å²) in [4.78, 5) is 12.2. The SMILES string of the molecule is CC(=O)[C@H]1CC[C@@H]2[C@H]3CC[C@H]4C[C@](C)(O)CC[C@]4(C)[C@@H]3CC[C@]12C. The number of hydrogen-bond acceptors (Lipinski definition) is 2. The van der Waals surface area contributed by atoms with Crippen molar-refractivity contribution >= 4 is 5.78 Å². The second kappa shape index (κ2) is 5.32. The Labute approximate surface area is 147 Å². The molecule has 4 aliphatic rings. The molecule has 2 nitrogen and oxygen atoms in total. The van der Waals surface area contributed by atoms with Crippen molar-refractivity contribution in [2.75, 3.05) is 0 Å². The fourth-order valence-corrected chi connectivity index (χ4v) is 8.10. The summed E-state index contributed by atoms with van der Waals surface area (Å²) in [6, 6.07) is 0. The predicted molar refractivity (Wildman–Crippen MR) is 96.5 cm³/mol. The summed E-state index contributed by atoms with van der Waals surface area (Å²) in [5.74, 6) is 3.89. The standard InChI is InChI=1S/C22H36O2/c1-14(23)17-7-8-18-16-6-5-15-13-20(2,24)11-12-21(15,3)19(16)9-10-22(17,18)4/h15-19,24H,5-13H2,1-4H3/t15-,16+,17+,18+,19+,20+,21-,22+/m0/s1. The molecule has 4 aliphatic carbocycles. The van der Waals surface area contributed by atoms with Gasteiger partial charge in [-0.25, -0.2) is 0 Å². The highest BCUT2D eigenvalue weighted by Gasteiger charge is 2.61. The van der Waals surface area contributed by atoms with Crippen LogP contribution in [0.25, 0.3) is 0 Å². The Morgan fingerprint density at radius 1 is 0.875 bits per heavy atom. The van der Waals surface area contributed by atoms with Gasteiger partial charge in [-0.1, -0.05) is 13.8 Å². The molecule has 136 valence electrons. The maximum absolute atomic E-state index is 12.2. The van der Waals surface area contributed by atoms with Gasteiger partial charge in [0, 0.05) is 5.92 Å². The Morgan fingerprint density at radius 2 is 1.58 bits per heavy atom. The maximum atomic E-state index is 12.2. The fourth-order valence-electron chi connectivity index (χ4n) is 8.10. The normalized spacial score (nSPS) is 57.0. The van der Waals surface area contributed by atoms with Gasteiger partial charge in [0.05, 0.1) is 5.60 Å². The molecule has 4 fully saturated rings. The Kier molecular flexibility index (Phi) is 3.78. The topological polar surface area (TPSA) is 37.3 Å². The van der Waals surface area contributed by atoms with Gasteiger partial charge < -0.3 is 5.11 Å². The largest absolute Gasteiger partial charge is 0.390 e. The second-order valence-corrected chi connectivity index (χ2v) is 10.6. The predicted octanol–water partition coefficient (Wildman–Crippen LogP) is 4.99. The van der Waals surface area contributed by atoms with E-state index in [9.17, 15) is 9.90 Å². The van der Waals surface area contributed by atoms with Crippen LogP contribution in [-0.4, -0.2) is 16.5 Å². The minimum atomic E-state index is -0.437. The molecule has 0 amide bonds. The molecule has 0 heterocycles. The summed E-state index contributed by atoms with van der Waals surface area (Å²) in [5.41, 5.74) is 0.268. The van der Waals surface area contributed by atoms with Crippen molar-refractivity contribution in [3.8, 4) is 0 Å². The van der Waals surface area contributed by atoms with Gasteiger partial charge in [0.25, 0.3) is 0 Å². The van der Waals surface area contributed by atoms with Crippen molar-refractivity contribution in [2.24, 2.45) is 40.4 Å². The molecule has 2 heteroatoms. The van der Waals surface area contributed by atoms with Gasteiger partial charge in [-0.2, -0.15) is 0 Å². The fraction of sp³-hybridized carbons (Fsp3) is 0.955. The maximum Gasteiger partial charge on any atom is 0.133 e. The van der Waals surface area contributed by atoms with Crippen molar-refractivity contribution in [2.45, 2.75) is 91.1 Å². The summed E-state index contributed by atoms with van der Waals surface area (Å²) < 4.78 is 0. The van der Waals surface area contributed by atoms with Crippen molar-refractivity contribution in [3.63, 3.8) is 0 Å². The molecule has 1 N–H and O–H groups in total. The molecule has 0 aromatic rings. The number of hydrogen-bond donors (Lipinski definition) is 1. The number of Topliss-reactive ketones (excluding diaryl/α,β-unsaturated/α-hetero) is 1. The zero-order valence-electron chi connectivity index (χ0n) is 16.1. The van der Waals surface area contributed by atoms with Crippen LogP contribution in [-0.2, 0) is 4.79 Å². The third-order valence-corrected chi connectivity index (χ3v) is 9.44. The molecule has 4 rings (SSSR count). The van der Waals surface area contributed by atoms with Crippen LogP contribution in [0.15, 0.2) is 0 Å². The van der Waals surface area contributed by atoms with Gasteiger partial charge in [-0.15, -0.1) is 0 Å². The van der Waals surface area contributed by atoms with E-state index in [1.54, 1.807) is 0 Å². The zero-order chi connectivity index (χ0) is 17.3. The van der Waals surface area contributed by atoms with Gasteiger partial charge in [-0.3, -0.25) is 4.79 Å². The third-order valence-electron chi connectivity index (χ3n) is 9.44. The quantitative estimate of drug-likeness (QED) is 0.735. The Morgan fingerprint density at radius 3 is 2.29 bits per heavy atom. The van der Waals surface area contributed by atoms with E-state index < -0.39 is 5.60 Å². The molecule has 8 atom stereocenters. The third kappa shape index (κ3) is 2.27. The molecule has 0 aliphatic heterocycles. The molecular weight excluding hydrogens is 296 g/mol. The second-order valence-electron chi connectivity index (χ2n) is 10.6. The highest BCUT2D eigenvalue weighted by molar-refractivity contribution is 5.79. The van der Waals surface area contributed by atoms with Gasteiger partial charge in [0.2, 0.25) is 0 Å². The summed E-state index contributed by atoms with van der Waals surface area (Å²) in [5, 5.41) is 10.6. The lowest BCUT2D eigenvalue weighted by molar-refractivity contribution is -0.150. The summed E-state index contributed by atoms with van der Waals surface area (Å²) >= 11 is 0. The molecule has 0 aromatic heterocycles. The molecule has 4 saturated carbocycles. The smallest absolute Gasteiger partial charge is 0.133 e. The van der Waals surface area contributed by atoms with Crippen molar-refractivity contribution in [1.29, 1.82) is 0 Å². The number of fused-ring (bicyclic) bond motifs is 5. The number of ketones is 1. The average molecular weight is 333 g/mol. The molecular formula is C22H36O2. The lowest BCUT2D eigenvalue weighted by atomic mass is 9.44. The van der Waals surface area contributed by atoms with E-state index in [2.05, 4.69) is 13.8 Å². The van der Waals surface area contributed by atoms with Crippen molar-refractivity contribution in [1.82, 2.24) is 0 Å². The van der Waals surface area contributed by atoms with Gasteiger partial charge in [0.1, 0.15) is 5.78 Å². The number of rotatable bonds is 1. The first kappa shape index (κ1) is 17.1. The van der Waals surface area contributed by atoms with Crippen LogP contribution < -0.4 is 0 Å². The highest BCUT2D eigenvalue weighted by Crippen LogP contribution is 2.68. The number of aliphatic hydroxyl groups is 1. The number of carbonyl (C=O) groups is 1. The number of carbonyl (C=O) groups excluding carboxylic acids is 1. The minimum absolute atomic E-state index is 0.274. The van der Waals surface area contributed by atoms with Crippen LogP contribution in [0.1, 0.15) is 85.5 Å². The summed E-state index contributed by atoms with van der Waals surface area (Å²) in [7, 11) is 0. The van der Waals surface area contributed by atoms with E-state index >= 15 is 0 Å². The highest BCUT2D eigenvalue weighted by atomic mass is 16.3. The average Bonchev–Trinajstić information content (AvgIpc) is 2.85. The summed E-state index contributed by atoms with van der Waals surface area (Å²) in [6.45, 7) is 8.85. The van der Waals surface area contributed by atoms with E-state index in [0.717, 1.165) is 37.0 Å². The molecule has 0 unspecified atom stereocenters. The van der Waals surface area contributed by atoms with Gasteiger partial charge >= 0.3 is 0 Å². The Hall–Kier alpha value is -0.370. The van der Waals surface area contributed by atoms with Crippen LogP contribution >= 0.6 is 0 Å². The van der Waals surface area contributed by atoms with Crippen molar-refractivity contribution < 1.29 is 9.90 Å². The monoisotopic (exact) mass is 332 g/mol. The molecule has 0 radical (unpaired) electrons. The van der Waals surface area contributed by atoms with Crippen LogP contribution in [0.3, 0.4) is 0 Å². The van der Waals surface area contributed by atoms with Crippen LogP contribution in [0.2, 0.25) is 0 Å². The first-order valence-corrected chi connectivity index (χ1v) is 10.4. The first-order valence-electron chi connectivity index (χ1n) is 10.4. The van der Waals surface area contributed by atoms with E-state index in [0.29, 0.717) is 23.0 Å². The minimum Gasteiger partial charge on any atom is -0.390 e.